The van der Waals surface area contributed by atoms with Crippen molar-refractivity contribution in [3.63, 3.8) is 0 Å². The van der Waals surface area contributed by atoms with Crippen molar-refractivity contribution in [2.45, 2.75) is 33.5 Å². The van der Waals surface area contributed by atoms with E-state index in [-0.39, 0.29) is 84.4 Å². The van der Waals surface area contributed by atoms with Gasteiger partial charge in [0, 0.05) is 13.2 Å². The molecule has 0 aromatic rings. The molecule has 0 bridgehead atoms. The van der Waals surface area contributed by atoms with Gasteiger partial charge in [0.25, 0.3) is 0 Å². The summed E-state index contributed by atoms with van der Waals surface area (Å²) < 4.78 is 76.6. The van der Waals surface area contributed by atoms with Gasteiger partial charge in [-0.25, -0.2) is 4.79 Å². The van der Waals surface area contributed by atoms with Crippen molar-refractivity contribution in [3.8, 4) is 0 Å². The molecule has 0 aliphatic heterocycles. The van der Waals surface area contributed by atoms with Crippen LogP contribution < -0.4 is 64.2 Å². The number of carboxylic acid groups (broad SMARTS) is 1. The zero-order valence-electron chi connectivity index (χ0n) is 16.6. The first kappa shape index (κ1) is 47.2. The minimum absolute atomic E-state index is 0. The van der Waals surface area contributed by atoms with E-state index < -0.39 is 37.9 Å². The SMILES string of the molecule is CCO.CCO.CCOC(=O)COC(F)(F)F.O=C([O-])COC(F)(F)F.[Na+].[Na+].[OH-]. The number of hydrogen-bond donors (Lipinski definition) is 2. The first-order valence-electron chi connectivity index (χ1n) is 6.69. The molecule has 17 heteroatoms. The summed E-state index contributed by atoms with van der Waals surface area (Å²) in [6.45, 7) is 2.85. The first-order chi connectivity index (χ1) is 11.7. The van der Waals surface area contributed by atoms with Crippen molar-refractivity contribution in [1.29, 1.82) is 0 Å². The number of esters is 1. The third-order valence-corrected chi connectivity index (χ3v) is 1.01. The van der Waals surface area contributed by atoms with E-state index in [1.807, 2.05) is 0 Å². The number of alkyl halides is 6. The number of carbonyl (C=O) groups excluding carboxylic acids is 2. The number of carboxylic acids is 1. The average molecular weight is 470 g/mol. The van der Waals surface area contributed by atoms with Crippen LogP contribution in [0.2, 0.25) is 0 Å². The second kappa shape index (κ2) is 30.5. The topological polar surface area (TPSA) is 155 Å². The van der Waals surface area contributed by atoms with Gasteiger partial charge in [-0.15, -0.1) is 26.3 Å². The maximum atomic E-state index is 11.2. The van der Waals surface area contributed by atoms with Crippen molar-refractivity contribution in [2.24, 2.45) is 0 Å². The number of carbonyl (C=O) groups is 2. The first-order valence-corrected chi connectivity index (χ1v) is 6.69. The molecule has 0 rings (SSSR count). The van der Waals surface area contributed by atoms with E-state index in [1.54, 1.807) is 13.8 Å². The van der Waals surface area contributed by atoms with Gasteiger partial charge in [-0.3, -0.25) is 9.47 Å². The summed E-state index contributed by atoms with van der Waals surface area (Å²) in [4.78, 5) is 19.6. The van der Waals surface area contributed by atoms with Crippen LogP contribution in [0.1, 0.15) is 20.8 Å². The van der Waals surface area contributed by atoms with Crippen molar-refractivity contribution in [1.82, 2.24) is 0 Å². The summed E-state index contributed by atoms with van der Waals surface area (Å²) in [7, 11) is 0. The Hall–Kier alpha value is 0.320. The zero-order valence-corrected chi connectivity index (χ0v) is 20.6. The van der Waals surface area contributed by atoms with Crippen LogP contribution in [0.5, 0.6) is 0 Å². The standard InChI is InChI=1S/C5H7F3O3.C3H3F3O3.2C2H6O.2Na.H2O/c1-2-10-4(9)3-11-5(6,7)8;4-3(5,6)9-1-2(7)8;2*1-2-3;;;/h2-3H2,1H3;1H2,(H,7,8);2*3H,2H2,1H3;;;1H2/q;;;;2*+1;/p-2. The Bertz CT molecular complexity index is 343. The van der Waals surface area contributed by atoms with Gasteiger partial charge < -0.3 is 30.3 Å². The van der Waals surface area contributed by atoms with E-state index in [4.69, 9.17) is 10.2 Å². The fourth-order valence-electron chi connectivity index (χ4n) is 0.484. The molecule has 0 aromatic heterocycles. The summed E-state index contributed by atoms with van der Waals surface area (Å²) in [6, 6.07) is 0. The Labute approximate surface area is 207 Å². The predicted molar refractivity (Wildman–Crippen MR) is 73.1 cm³/mol. The monoisotopic (exact) mass is 470 g/mol. The second-order valence-corrected chi connectivity index (χ2v) is 3.28. The molecule has 0 saturated carbocycles. The van der Waals surface area contributed by atoms with Gasteiger partial charge in [-0.2, -0.15) is 0 Å². The molecule has 0 aliphatic rings. The quantitative estimate of drug-likeness (QED) is 0.227. The number of hydrogen-bond acceptors (Lipinski definition) is 9. The fraction of sp³-hybridized carbons (Fsp3) is 0.833. The molecule has 168 valence electrons. The number of halogens is 6. The normalized spacial score (nSPS) is 9.07. The van der Waals surface area contributed by atoms with Crippen molar-refractivity contribution in [3.05, 3.63) is 0 Å². The molecule has 0 radical (unpaired) electrons. The van der Waals surface area contributed by atoms with Gasteiger partial charge in [-0.05, 0) is 20.8 Å². The summed E-state index contributed by atoms with van der Waals surface area (Å²) in [5.41, 5.74) is 0. The van der Waals surface area contributed by atoms with Crippen LogP contribution in [0.15, 0.2) is 0 Å². The van der Waals surface area contributed by atoms with Gasteiger partial charge in [0.2, 0.25) is 0 Å². The Morgan fingerprint density at radius 1 is 0.828 bits per heavy atom. The molecule has 0 aliphatic carbocycles. The summed E-state index contributed by atoms with van der Waals surface area (Å²) in [5, 5.41) is 24.4. The van der Waals surface area contributed by atoms with Crippen LogP contribution >= 0.6 is 0 Å². The summed E-state index contributed by atoms with van der Waals surface area (Å²) >= 11 is 0. The number of rotatable bonds is 5. The maximum absolute atomic E-state index is 11.2. The van der Waals surface area contributed by atoms with Gasteiger partial charge in [0.15, 0.2) is 6.61 Å². The van der Waals surface area contributed by atoms with Gasteiger partial charge in [0.1, 0.15) is 0 Å². The second-order valence-electron chi connectivity index (χ2n) is 3.28. The van der Waals surface area contributed by atoms with Gasteiger partial charge in [0.05, 0.1) is 19.2 Å². The smallest absolute Gasteiger partial charge is 0.870 e. The Balaban J connectivity index is -0.0000000488. The number of ether oxygens (including phenoxy) is 3. The van der Waals surface area contributed by atoms with E-state index >= 15 is 0 Å². The number of aliphatic hydroxyl groups is 2. The van der Waals surface area contributed by atoms with Crippen molar-refractivity contribution in [2.75, 3.05) is 33.0 Å². The molecular formula is C12H22F6Na2O9. The Kier molecular flexibility index (Phi) is 49.7. The van der Waals surface area contributed by atoms with Crippen LogP contribution in [-0.4, -0.2) is 73.4 Å². The maximum Gasteiger partial charge on any atom is 1.00 e. The molecule has 0 atom stereocenters. The van der Waals surface area contributed by atoms with Crippen LogP contribution in [0, 0.1) is 0 Å². The van der Waals surface area contributed by atoms with Gasteiger partial charge >= 0.3 is 77.8 Å². The van der Waals surface area contributed by atoms with E-state index in [1.165, 1.54) is 6.92 Å². The Morgan fingerprint density at radius 2 is 1.10 bits per heavy atom. The average Bonchev–Trinajstić information content (AvgIpc) is 2.44. The third kappa shape index (κ3) is 83.6. The minimum Gasteiger partial charge on any atom is -0.870 e. The molecule has 3 N–H and O–H groups in total. The minimum atomic E-state index is -4.89. The van der Waals surface area contributed by atoms with Crippen LogP contribution in [0.4, 0.5) is 26.3 Å². The molecule has 0 saturated heterocycles. The molecule has 0 aromatic carbocycles. The molecule has 0 heterocycles. The van der Waals surface area contributed by atoms with Crippen molar-refractivity contribution >= 4 is 11.9 Å². The predicted octanol–water partition coefficient (Wildman–Crippen LogP) is -5.81. The van der Waals surface area contributed by atoms with Crippen LogP contribution in [-0.2, 0) is 23.8 Å². The molecular weight excluding hydrogens is 448 g/mol. The fourth-order valence-corrected chi connectivity index (χ4v) is 0.484. The molecule has 9 nitrogen and oxygen atoms in total. The Morgan fingerprint density at radius 3 is 1.28 bits per heavy atom. The summed E-state index contributed by atoms with van der Waals surface area (Å²) in [6.07, 6.45) is -9.66. The van der Waals surface area contributed by atoms with Crippen molar-refractivity contribution < 1.29 is 130 Å². The molecule has 0 amide bonds. The molecule has 0 unspecified atom stereocenters. The van der Waals surface area contributed by atoms with Crippen LogP contribution in [0.25, 0.3) is 0 Å². The molecule has 29 heavy (non-hydrogen) atoms. The molecule has 0 spiro atoms. The van der Waals surface area contributed by atoms with Gasteiger partial charge in [-0.1, -0.05) is 0 Å². The number of aliphatic carboxylic acids is 1. The number of aliphatic hydroxyl groups excluding tert-OH is 2. The zero-order chi connectivity index (χ0) is 21.8. The molecule has 0 fully saturated rings. The van der Waals surface area contributed by atoms with E-state index in [9.17, 15) is 41.0 Å². The van der Waals surface area contributed by atoms with Crippen LogP contribution in [0.3, 0.4) is 0 Å². The van der Waals surface area contributed by atoms with E-state index in [2.05, 4.69) is 14.2 Å². The van der Waals surface area contributed by atoms with E-state index in [0.29, 0.717) is 0 Å². The summed E-state index contributed by atoms with van der Waals surface area (Å²) in [5.74, 6) is -2.92. The third-order valence-electron chi connectivity index (χ3n) is 1.01. The largest absolute Gasteiger partial charge is 1.00 e. The van der Waals surface area contributed by atoms with E-state index in [0.717, 1.165) is 0 Å².